The quantitative estimate of drug-likeness (QED) is 0.724. The first-order chi connectivity index (χ1) is 13.6. The van der Waals surface area contributed by atoms with E-state index in [4.69, 9.17) is 4.74 Å². The van der Waals surface area contributed by atoms with Crippen molar-refractivity contribution in [3.05, 3.63) is 48.5 Å². The van der Waals surface area contributed by atoms with Gasteiger partial charge in [0, 0.05) is 18.0 Å². The number of amides is 1. The average molecular weight is 378 g/mol. The lowest BCUT2D eigenvalue weighted by atomic mass is 9.88. The Morgan fingerprint density at radius 3 is 2.89 bits per heavy atom. The highest BCUT2D eigenvalue weighted by molar-refractivity contribution is 6.06. The van der Waals surface area contributed by atoms with Gasteiger partial charge >= 0.3 is 0 Å². The summed E-state index contributed by atoms with van der Waals surface area (Å²) < 4.78 is 8.41. The fraction of sp³-hybridized carbons (Fsp3) is 0.400. The third-order valence-corrected chi connectivity index (χ3v) is 6.17. The van der Waals surface area contributed by atoms with Crippen molar-refractivity contribution in [3.8, 4) is 0 Å². The van der Waals surface area contributed by atoms with Crippen LogP contribution in [0.15, 0.2) is 43.0 Å². The first kappa shape index (κ1) is 17.3. The van der Waals surface area contributed by atoms with Gasteiger partial charge in [0.1, 0.15) is 6.33 Å². The highest BCUT2D eigenvalue weighted by Gasteiger charge is 2.57. The molecular formula is C20H22N6O2. The summed E-state index contributed by atoms with van der Waals surface area (Å²) in [6, 6.07) is 9.23. The van der Waals surface area contributed by atoms with Crippen LogP contribution in [0.1, 0.15) is 36.9 Å². The normalized spacial score (nSPS) is 28.7. The van der Waals surface area contributed by atoms with Gasteiger partial charge in [0.05, 0.1) is 18.0 Å². The number of carbonyl (C=O) groups is 1. The van der Waals surface area contributed by atoms with E-state index in [1.165, 1.54) is 6.33 Å². The van der Waals surface area contributed by atoms with Crippen LogP contribution in [0.5, 0.6) is 0 Å². The van der Waals surface area contributed by atoms with Crippen LogP contribution in [0, 0.1) is 5.92 Å². The number of anilines is 1. The number of rotatable bonds is 4. The zero-order valence-corrected chi connectivity index (χ0v) is 15.8. The fourth-order valence-corrected chi connectivity index (χ4v) is 4.43. The maximum atomic E-state index is 12.5. The lowest BCUT2D eigenvalue weighted by Crippen LogP contribution is -2.42. The van der Waals surface area contributed by atoms with Crippen LogP contribution in [0.4, 0.5) is 5.82 Å². The van der Waals surface area contributed by atoms with Gasteiger partial charge in [-0.15, -0.1) is 0 Å². The molecule has 2 fully saturated rings. The molecule has 1 aromatic carbocycles. The topological polar surface area (TPSA) is 94.0 Å². The van der Waals surface area contributed by atoms with E-state index in [-0.39, 0.29) is 23.8 Å². The SMILES string of the molecule is CC[C@@]12CN[C@@H]([C@H](n3cnc4c(NC(=O)c5ccccc5)ncnc43)O1)[C@@H]2C. The van der Waals surface area contributed by atoms with Gasteiger partial charge in [0.15, 0.2) is 23.2 Å². The van der Waals surface area contributed by atoms with Crippen LogP contribution >= 0.6 is 0 Å². The molecule has 2 aliphatic rings. The molecule has 2 aromatic heterocycles. The van der Waals surface area contributed by atoms with E-state index in [0.717, 1.165) is 13.0 Å². The Morgan fingerprint density at radius 2 is 2.14 bits per heavy atom. The van der Waals surface area contributed by atoms with E-state index >= 15 is 0 Å². The molecule has 3 aromatic rings. The number of benzene rings is 1. The minimum atomic E-state index is -0.230. The van der Waals surface area contributed by atoms with Crippen molar-refractivity contribution >= 4 is 22.9 Å². The van der Waals surface area contributed by atoms with Gasteiger partial charge in [0.25, 0.3) is 5.91 Å². The van der Waals surface area contributed by atoms with Gasteiger partial charge in [-0.25, -0.2) is 15.0 Å². The van der Waals surface area contributed by atoms with Crippen LogP contribution in [-0.4, -0.2) is 43.6 Å². The molecule has 28 heavy (non-hydrogen) atoms. The zero-order chi connectivity index (χ0) is 19.3. The summed E-state index contributed by atoms with van der Waals surface area (Å²) in [5.74, 6) is 0.567. The summed E-state index contributed by atoms with van der Waals surface area (Å²) in [6.07, 6.45) is 3.94. The molecule has 144 valence electrons. The smallest absolute Gasteiger partial charge is 0.256 e. The number of ether oxygens (including phenoxy) is 1. The number of carbonyl (C=O) groups excluding carboxylic acids is 1. The second kappa shape index (κ2) is 6.35. The second-order valence-electron chi connectivity index (χ2n) is 7.49. The number of hydrogen-bond donors (Lipinski definition) is 2. The lowest BCUT2D eigenvalue weighted by Gasteiger charge is -2.31. The molecule has 0 aliphatic carbocycles. The molecule has 8 nitrogen and oxygen atoms in total. The molecule has 0 radical (unpaired) electrons. The van der Waals surface area contributed by atoms with E-state index in [1.54, 1.807) is 18.5 Å². The minimum absolute atomic E-state index is 0.149. The van der Waals surface area contributed by atoms with E-state index in [2.05, 4.69) is 39.4 Å². The first-order valence-corrected chi connectivity index (χ1v) is 9.58. The maximum absolute atomic E-state index is 12.5. The Hall–Kier alpha value is -2.84. The predicted octanol–water partition coefficient (Wildman–Crippen LogP) is 2.36. The Bertz CT molecular complexity index is 1040. The number of nitrogens with zero attached hydrogens (tertiary/aromatic N) is 4. The Labute approximate surface area is 162 Å². The van der Waals surface area contributed by atoms with Gasteiger partial charge in [-0.3, -0.25) is 9.36 Å². The molecule has 4 heterocycles. The van der Waals surface area contributed by atoms with Crippen molar-refractivity contribution < 1.29 is 9.53 Å². The summed E-state index contributed by atoms with van der Waals surface area (Å²) in [5.41, 5.74) is 1.61. The highest BCUT2D eigenvalue weighted by Crippen LogP contribution is 2.48. The summed E-state index contributed by atoms with van der Waals surface area (Å²) in [6.45, 7) is 5.26. The third-order valence-electron chi connectivity index (χ3n) is 6.17. The number of imidazole rings is 1. The van der Waals surface area contributed by atoms with Gasteiger partial charge in [0.2, 0.25) is 0 Å². The standard InChI is InChI=1S/C20H22N6O2/c1-3-20-9-21-14(12(20)2)19(28-20)26-11-24-15-16(22-10-23-17(15)26)25-18(27)13-7-5-4-6-8-13/h4-8,10-12,14,19,21H,3,9H2,1-2H3,(H,22,23,25,27)/t12-,14+,19+,20-/m0/s1. The molecule has 0 saturated carbocycles. The van der Waals surface area contributed by atoms with Crippen molar-refractivity contribution in [2.75, 3.05) is 11.9 Å². The van der Waals surface area contributed by atoms with Crippen molar-refractivity contribution in [1.82, 2.24) is 24.8 Å². The number of aromatic nitrogens is 4. The molecule has 0 unspecified atom stereocenters. The van der Waals surface area contributed by atoms with Crippen molar-refractivity contribution in [1.29, 1.82) is 0 Å². The van der Waals surface area contributed by atoms with Crippen LogP contribution in [-0.2, 0) is 4.74 Å². The number of hydrogen-bond acceptors (Lipinski definition) is 6. The maximum Gasteiger partial charge on any atom is 0.256 e. The molecule has 1 amide bonds. The van der Waals surface area contributed by atoms with Crippen molar-refractivity contribution in [2.24, 2.45) is 5.92 Å². The highest BCUT2D eigenvalue weighted by atomic mass is 16.5. The van der Waals surface area contributed by atoms with Crippen molar-refractivity contribution in [3.63, 3.8) is 0 Å². The Morgan fingerprint density at radius 1 is 1.32 bits per heavy atom. The lowest BCUT2D eigenvalue weighted by molar-refractivity contribution is -0.0989. The molecule has 0 spiro atoms. The molecule has 5 rings (SSSR count). The van der Waals surface area contributed by atoms with Crippen LogP contribution < -0.4 is 10.6 Å². The average Bonchev–Trinajstić information content (AvgIpc) is 3.39. The largest absolute Gasteiger partial charge is 0.348 e. The zero-order valence-electron chi connectivity index (χ0n) is 15.8. The molecule has 2 aliphatic heterocycles. The molecule has 2 N–H and O–H groups in total. The summed E-state index contributed by atoms with van der Waals surface area (Å²) in [5, 5.41) is 6.43. The predicted molar refractivity (Wildman–Crippen MR) is 104 cm³/mol. The first-order valence-electron chi connectivity index (χ1n) is 9.58. The van der Waals surface area contributed by atoms with Crippen LogP contribution in [0.2, 0.25) is 0 Å². The van der Waals surface area contributed by atoms with Crippen molar-refractivity contribution in [2.45, 2.75) is 38.1 Å². The van der Waals surface area contributed by atoms with Crippen LogP contribution in [0.3, 0.4) is 0 Å². The van der Waals surface area contributed by atoms with Gasteiger partial charge in [-0.05, 0) is 18.6 Å². The second-order valence-corrected chi connectivity index (χ2v) is 7.49. The molecule has 8 heteroatoms. The van der Waals surface area contributed by atoms with Crippen LogP contribution in [0.25, 0.3) is 11.2 Å². The minimum Gasteiger partial charge on any atom is -0.348 e. The van der Waals surface area contributed by atoms with E-state index < -0.39 is 0 Å². The summed E-state index contributed by atoms with van der Waals surface area (Å²) >= 11 is 0. The summed E-state index contributed by atoms with van der Waals surface area (Å²) in [4.78, 5) is 25.6. The Balaban J connectivity index is 1.48. The van der Waals surface area contributed by atoms with Gasteiger partial charge in [-0.1, -0.05) is 32.0 Å². The third kappa shape index (κ3) is 2.45. The number of morpholine rings is 1. The van der Waals surface area contributed by atoms with E-state index in [0.29, 0.717) is 28.5 Å². The van der Waals surface area contributed by atoms with E-state index in [9.17, 15) is 4.79 Å². The van der Waals surface area contributed by atoms with Gasteiger partial charge in [-0.2, -0.15) is 0 Å². The Kier molecular flexibility index (Phi) is 3.92. The van der Waals surface area contributed by atoms with Gasteiger partial charge < -0.3 is 15.4 Å². The monoisotopic (exact) mass is 378 g/mol. The molecule has 2 bridgehead atoms. The number of fused-ring (bicyclic) bond motifs is 3. The molecule has 4 atom stereocenters. The fourth-order valence-electron chi connectivity index (χ4n) is 4.43. The molecule has 2 saturated heterocycles. The molecular weight excluding hydrogens is 356 g/mol. The number of nitrogens with one attached hydrogen (secondary N) is 2. The van der Waals surface area contributed by atoms with E-state index in [1.807, 2.05) is 22.8 Å². The summed E-state index contributed by atoms with van der Waals surface area (Å²) in [7, 11) is 0.